The van der Waals surface area contributed by atoms with Crippen molar-refractivity contribution >= 4 is 27.6 Å². The fourth-order valence-corrected chi connectivity index (χ4v) is 5.02. The first-order chi connectivity index (χ1) is 16.9. The molecule has 1 aliphatic heterocycles. The van der Waals surface area contributed by atoms with E-state index in [4.69, 9.17) is 0 Å². The number of likely N-dealkylation sites (tertiary alicyclic amines) is 1. The van der Waals surface area contributed by atoms with Crippen LogP contribution in [0.15, 0.2) is 60.9 Å². The molecule has 0 bridgehead atoms. The predicted octanol–water partition coefficient (Wildman–Crippen LogP) is 5.73. The molecule has 1 saturated heterocycles. The van der Waals surface area contributed by atoms with Crippen LogP contribution in [-0.4, -0.2) is 47.0 Å². The van der Waals surface area contributed by atoms with Crippen LogP contribution in [0.5, 0.6) is 0 Å². The molecule has 0 radical (unpaired) electrons. The van der Waals surface area contributed by atoms with Gasteiger partial charge >= 0.3 is 6.18 Å². The van der Waals surface area contributed by atoms with E-state index in [1.165, 1.54) is 6.07 Å². The Labute approximate surface area is 201 Å². The molecule has 1 amide bonds. The quantitative estimate of drug-likeness (QED) is 0.346. The first-order valence-electron chi connectivity index (χ1n) is 11.9. The zero-order valence-corrected chi connectivity index (χ0v) is 19.2. The van der Waals surface area contributed by atoms with Crippen molar-refractivity contribution in [1.82, 2.24) is 20.2 Å². The van der Waals surface area contributed by atoms with E-state index in [0.29, 0.717) is 23.7 Å². The minimum absolute atomic E-state index is 0.159. The maximum absolute atomic E-state index is 13.0. The maximum atomic E-state index is 13.0. The van der Waals surface area contributed by atoms with Gasteiger partial charge in [-0.1, -0.05) is 30.3 Å². The number of carbonyl (C=O) groups excluding carboxylic acids is 1. The van der Waals surface area contributed by atoms with E-state index in [2.05, 4.69) is 20.2 Å². The van der Waals surface area contributed by atoms with Crippen molar-refractivity contribution < 1.29 is 18.0 Å². The van der Waals surface area contributed by atoms with E-state index in [-0.39, 0.29) is 5.91 Å². The van der Waals surface area contributed by atoms with E-state index in [1.54, 1.807) is 12.3 Å². The van der Waals surface area contributed by atoms with Crippen molar-refractivity contribution in [3.05, 3.63) is 77.7 Å². The fourth-order valence-electron chi connectivity index (χ4n) is 5.02. The summed E-state index contributed by atoms with van der Waals surface area (Å²) in [4.78, 5) is 22.3. The molecule has 0 aliphatic carbocycles. The van der Waals surface area contributed by atoms with Crippen molar-refractivity contribution in [2.75, 3.05) is 26.2 Å². The number of nitrogens with zero attached hydrogens (tertiary/aromatic N) is 2. The van der Waals surface area contributed by atoms with Gasteiger partial charge in [-0.3, -0.25) is 9.78 Å². The highest BCUT2D eigenvalue weighted by Crippen LogP contribution is 2.36. The number of carbonyl (C=O) groups is 1. The van der Waals surface area contributed by atoms with Crippen molar-refractivity contribution in [3.63, 3.8) is 0 Å². The summed E-state index contributed by atoms with van der Waals surface area (Å²) in [6.07, 6.45) is 1.94. The molecule has 5 rings (SSSR count). The standard InChI is InChI=1S/C27H27F3N4O/c28-27(29,30)20-6-7-22-23(17-33-24(22)16-20)19-9-14-34(15-10-19)13-3-11-32-26(35)25-21-5-2-1-4-18(21)8-12-31-25/h1-2,4-8,12,16-17,19,33H,3,9-11,13-15H2,(H,32,35). The predicted molar refractivity (Wildman–Crippen MR) is 130 cm³/mol. The third-order valence-electron chi connectivity index (χ3n) is 6.89. The Bertz CT molecular complexity index is 1330. The Hall–Kier alpha value is -3.39. The Kier molecular flexibility index (Phi) is 6.47. The molecular formula is C27H27F3N4O. The first kappa shape index (κ1) is 23.4. The monoisotopic (exact) mass is 480 g/mol. The molecule has 2 aromatic carbocycles. The van der Waals surface area contributed by atoms with Crippen LogP contribution in [0.4, 0.5) is 13.2 Å². The van der Waals surface area contributed by atoms with Crippen LogP contribution in [0.3, 0.4) is 0 Å². The van der Waals surface area contributed by atoms with Crippen LogP contribution in [0.2, 0.25) is 0 Å². The molecule has 3 heterocycles. The van der Waals surface area contributed by atoms with Gasteiger partial charge in [0.15, 0.2) is 0 Å². The molecular weight excluding hydrogens is 453 g/mol. The highest BCUT2D eigenvalue weighted by Gasteiger charge is 2.31. The van der Waals surface area contributed by atoms with Crippen LogP contribution in [0, 0.1) is 0 Å². The summed E-state index contributed by atoms with van der Waals surface area (Å²) in [5, 5.41) is 5.70. The Morgan fingerprint density at radius 1 is 1.09 bits per heavy atom. The number of fused-ring (bicyclic) bond motifs is 2. The fraction of sp³-hybridized carbons (Fsp3) is 0.333. The summed E-state index contributed by atoms with van der Waals surface area (Å²) in [5.41, 5.74) is 1.46. The SMILES string of the molecule is O=C(NCCCN1CCC(c2c[nH]c3cc(C(F)(F)F)ccc23)CC1)c1nccc2ccccc12. The van der Waals surface area contributed by atoms with Crippen LogP contribution in [0.25, 0.3) is 21.7 Å². The van der Waals surface area contributed by atoms with Gasteiger partial charge in [-0.2, -0.15) is 13.2 Å². The van der Waals surface area contributed by atoms with Crippen LogP contribution in [-0.2, 0) is 6.18 Å². The number of aromatic amines is 1. The largest absolute Gasteiger partial charge is 0.416 e. The molecule has 1 aliphatic rings. The summed E-state index contributed by atoms with van der Waals surface area (Å²) >= 11 is 0. The van der Waals surface area contributed by atoms with E-state index < -0.39 is 11.7 Å². The van der Waals surface area contributed by atoms with Crippen molar-refractivity contribution in [1.29, 1.82) is 0 Å². The third-order valence-corrected chi connectivity index (χ3v) is 6.89. The zero-order chi connectivity index (χ0) is 24.4. The molecule has 2 N–H and O–H groups in total. The van der Waals surface area contributed by atoms with Crippen molar-refractivity contribution in [2.24, 2.45) is 0 Å². The lowest BCUT2D eigenvalue weighted by atomic mass is 9.89. The number of halogens is 3. The molecule has 0 atom stereocenters. The van der Waals surface area contributed by atoms with Gasteiger partial charge in [0.2, 0.25) is 0 Å². The van der Waals surface area contributed by atoms with Crippen LogP contribution in [0.1, 0.15) is 46.8 Å². The van der Waals surface area contributed by atoms with E-state index in [1.807, 2.05) is 36.5 Å². The van der Waals surface area contributed by atoms with E-state index >= 15 is 0 Å². The van der Waals surface area contributed by atoms with Gasteiger partial charge in [0, 0.05) is 35.2 Å². The Morgan fingerprint density at radius 3 is 2.69 bits per heavy atom. The topological polar surface area (TPSA) is 61.0 Å². The van der Waals surface area contributed by atoms with Crippen LogP contribution < -0.4 is 5.32 Å². The lowest BCUT2D eigenvalue weighted by Gasteiger charge is -2.32. The average molecular weight is 481 g/mol. The van der Waals surface area contributed by atoms with Crippen LogP contribution >= 0.6 is 0 Å². The number of H-pyrrole nitrogens is 1. The summed E-state index contributed by atoms with van der Waals surface area (Å²) in [5.74, 6) is 0.169. The number of hydrogen-bond acceptors (Lipinski definition) is 3. The highest BCUT2D eigenvalue weighted by atomic mass is 19.4. The summed E-state index contributed by atoms with van der Waals surface area (Å²) in [7, 11) is 0. The number of amides is 1. The second-order valence-electron chi connectivity index (χ2n) is 9.11. The molecule has 0 unspecified atom stereocenters. The minimum atomic E-state index is -4.34. The maximum Gasteiger partial charge on any atom is 0.416 e. The van der Waals surface area contributed by atoms with E-state index in [0.717, 1.165) is 66.7 Å². The smallest absolute Gasteiger partial charge is 0.361 e. The number of pyridine rings is 1. The second-order valence-corrected chi connectivity index (χ2v) is 9.11. The summed E-state index contributed by atoms with van der Waals surface area (Å²) in [6.45, 7) is 3.32. The normalized spacial score (nSPS) is 15.6. The molecule has 2 aromatic heterocycles. The number of alkyl halides is 3. The summed E-state index contributed by atoms with van der Waals surface area (Å²) < 4.78 is 39.0. The molecule has 35 heavy (non-hydrogen) atoms. The molecule has 4 aromatic rings. The van der Waals surface area contributed by atoms with E-state index in [9.17, 15) is 18.0 Å². The number of piperidine rings is 1. The molecule has 0 spiro atoms. The highest BCUT2D eigenvalue weighted by molar-refractivity contribution is 6.05. The Morgan fingerprint density at radius 2 is 1.89 bits per heavy atom. The summed E-state index contributed by atoms with van der Waals surface area (Å²) in [6, 6.07) is 13.6. The zero-order valence-electron chi connectivity index (χ0n) is 19.2. The van der Waals surface area contributed by atoms with Gasteiger partial charge in [-0.05, 0) is 74.0 Å². The second kappa shape index (κ2) is 9.70. The Balaban J connectivity index is 1.10. The van der Waals surface area contributed by atoms with Gasteiger partial charge in [-0.15, -0.1) is 0 Å². The van der Waals surface area contributed by atoms with Gasteiger partial charge in [0.1, 0.15) is 5.69 Å². The molecule has 182 valence electrons. The first-order valence-corrected chi connectivity index (χ1v) is 11.9. The van der Waals surface area contributed by atoms with Gasteiger partial charge in [-0.25, -0.2) is 0 Å². The molecule has 0 saturated carbocycles. The van der Waals surface area contributed by atoms with Gasteiger partial charge in [0.05, 0.1) is 5.56 Å². The minimum Gasteiger partial charge on any atom is -0.361 e. The molecule has 5 nitrogen and oxygen atoms in total. The number of benzene rings is 2. The number of rotatable bonds is 6. The lowest BCUT2D eigenvalue weighted by Crippen LogP contribution is -2.35. The van der Waals surface area contributed by atoms with Crippen molar-refractivity contribution in [3.8, 4) is 0 Å². The molecule has 1 fully saturated rings. The third kappa shape index (κ3) is 5.03. The van der Waals surface area contributed by atoms with Gasteiger partial charge in [0.25, 0.3) is 5.91 Å². The average Bonchev–Trinajstić information content (AvgIpc) is 3.29. The number of aromatic nitrogens is 2. The number of nitrogens with one attached hydrogen (secondary N) is 2. The van der Waals surface area contributed by atoms with Crippen molar-refractivity contribution in [2.45, 2.75) is 31.4 Å². The lowest BCUT2D eigenvalue weighted by molar-refractivity contribution is -0.137. The van der Waals surface area contributed by atoms with Gasteiger partial charge < -0.3 is 15.2 Å². The molecule has 8 heteroatoms. The number of hydrogen-bond donors (Lipinski definition) is 2.